The maximum absolute atomic E-state index is 12.7. The SMILES string of the molecule is Cc1ccc(OC2CCN(c3c(C#N)c(=O)n(C)c4ccccc34)CC2)cc1. The zero-order valence-corrected chi connectivity index (χ0v) is 16.2. The number of aryl methyl sites for hydroxylation is 2. The molecule has 5 heteroatoms. The Labute approximate surface area is 164 Å². The average molecular weight is 373 g/mol. The van der Waals surface area contributed by atoms with Gasteiger partial charge in [0.2, 0.25) is 0 Å². The van der Waals surface area contributed by atoms with Gasteiger partial charge in [-0.2, -0.15) is 5.26 Å². The highest BCUT2D eigenvalue weighted by atomic mass is 16.5. The molecule has 0 atom stereocenters. The highest BCUT2D eigenvalue weighted by Gasteiger charge is 2.26. The van der Waals surface area contributed by atoms with Gasteiger partial charge in [0.25, 0.3) is 5.56 Å². The van der Waals surface area contributed by atoms with Crippen LogP contribution in [0.1, 0.15) is 24.0 Å². The van der Waals surface area contributed by atoms with Gasteiger partial charge in [0.15, 0.2) is 0 Å². The molecule has 4 rings (SSSR count). The lowest BCUT2D eigenvalue weighted by atomic mass is 10.0. The standard InChI is InChI=1S/C23H23N3O2/c1-16-7-9-17(10-8-16)28-18-11-13-26(14-12-18)22-19-5-3-4-6-21(19)25(2)23(27)20(22)15-24/h3-10,18H,11-14H2,1-2H3. The second-order valence-electron chi connectivity index (χ2n) is 7.33. The lowest BCUT2D eigenvalue weighted by molar-refractivity contribution is 0.171. The molecule has 3 aromatic rings. The maximum Gasteiger partial charge on any atom is 0.270 e. The van der Waals surface area contributed by atoms with Crippen molar-refractivity contribution in [3.63, 3.8) is 0 Å². The largest absolute Gasteiger partial charge is 0.490 e. The summed E-state index contributed by atoms with van der Waals surface area (Å²) in [4.78, 5) is 14.9. The summed E-state index contributed by atoms with van der Waals surface area (Å²) in [6.45, 7) is 3.56. The van der Waals surface area contributed by atoms with E-state index in [2.05, 4.69) is 30.0 Å². The highest BCUT2D eigenvalue weighted by Crippen LogP contribution is 2.31. The number of piperidine rings is 1. The van der Waals surface area contributed by atoms with E-state index in [1.165, 1.54) is 5.56 Å². The molecule has 28 heavy (non-hydrogen) atoms. The molecule has 5 nitrogen and oxygen atoms in total. The maximum atomic E-state index is 12.7. The Hall–Kier alpha value is -3.26. The summed E-state index contributed by atoms with van der Waals surface area (Å²) in [5.74, 6) is 0.890. The molecule has 0 amide bonds. The smallest absolute Gasteiger partial charge is 0.270 e. The van der Waals surface area contributed by atoms with Crippen LogP contribution in [0.5, 0.6) is 5.75 Å². The quantitative estimate of drug-likeness (QED) is 0.701. The van der Waals surface area contributed by atoms with Gasteiger partial charge in [-0.25, -0.2) is 0 Å². The number of para-hydroxylation sites is 1. The first-order valence-corrected chi connectivity index (χ1v) is 9.58. The van der Waals surface area contributed by atoms with E-state index in [1.807, 2.05) is 36.4 Å². The molecule has 0 bridgehead atoms. The molecule has 2 heterocycles. The molecule has 0 saturated carbocycles. The molecule has 2 aromatic carbocycles. The first-order valence-electron chi connectivity index (χ1n) is 9.58. The number of ether oxygens (including phenoxy) is 1. The molecule has 1 aromatic heterocycles. The number of nitriles is 1. The summed E-state index contributed by atoms with van der Waals surface area (Å²) in [6, 6.07) is 18.0. The van der Waals surface area contributed by atoms with Crippen LogP contribution in [-0.4, -0.2) is 23.8 Å². The lowest BCUT2D eigenvalue weighted by Crippen LogP contribution is -2.40. The van der Waals surface area contributed by atoms with E-state index in [4.69, 9.17) is 4.74 Å². The van der Waals surface area contributed by atoms with Gasteiger partial charge in [0, 0.05) is 38.4 Å². The molecule has 0 N–H and O–H groups in total. The summed E-state index contributed by atoms with van der Waals surface area (Å²) < 4.78 is 7.68. The number of fused-ring (bicyclic) bond motifs is 1. The topological polar surface area (TPSA) is 58.3 Å². The van der Waals surface area contributed by atoms with Crippen molar-refractivity contribution in [1.29, 1.82) is 5.26 Å². The molecule has 1 saturated heterocycles. The summed E-state index contributed by atoms with van der Waals surface area (Å²) >= 11 is 0. The molecule has 1 aliphatic rings. The van der Waals surface area contributed by atoms with Gasteiger partial charge in [0.1, 0.15) is 23.5 Å². The number of rotatable bonds is 3. The average Bonchev–Trinajstić information content (AvgIpc) is 2.73. The third kappa shape index (κ3) is 3.22. The van der Waals surface area contributed by atoms with Crippen molar-refractivity contribution < 1.29 is 4.74 Å². The summed E-state index contributed by atoms with van der Waals surface area (Å²) in [6.07, 6.45) is 1.84. The fourth-order valence-electron chi connectivity index (χ4n) is 3.92. The summed E-state index contributed by atoms with van der Waals surface area (Å²) in [7, 11) is 1.72. The van der Waals surface area contributed by atoms with Crippen molar-refractivity contribution in [3.05, 3.63) is 70.0 Å². The van der Waals surface area contributed by atoms with Gasteiger partial charge >= 0.3 is 0 Å². The first kappa shape index (κ1) is 18.1. The molecule has 0 unspecified atom stereocenters. The van der Waals surface area contributed by atoms with Crippen LogP contribution in [-0.2, 0) is 7.05 Å². The molecule has 0 spiro atoms. The van der Waals surface area contributed by atoms with Crippen molar-refractivity contribution in [2.24, 2.45) is 7.05 Å². The number of hydrogen-bond donors (Lipinski definition) is 0. The highest BCUT2D eigenvalue weighted by molar-refractivity contribution is 5.94. The van der Waals surface area contributed by atoms with Crippen LogP contribution in [0, 0.1) is 18.3 Å². The van der Waals surface area contributed by atoms with Gasteiger partial charge in [-0.05, 0) is 25.1 Å². The third-order valence-corrected chi connectivity index (χ3v) is 5.47. The summed E-state index contributed by atoms with van der Waals surface area (Å²) in [5, 5.41) is 10.6. The van der Waals surface area contributed by atoms with E-state index in [-0.39, 0.29) is 17.2 Å². The lowest BCUT2D eigenvalue weighted by Gasteiger charge is -2.35. The number of aromatic nitrogens is 1. The van der Waals surface area contributed by atoms with E-state index >= 15 is 0 Å². The van der Waals surface area contributed by atoms with Crippen molar-refractivity contribution in [1.82, 2.24) is 4.57 Å². The van der Waals surface area contributed by atoms with Gasteiger partial charge in [0.05, 0.1) is 11.2 Å². The van der Waals surface area contributed by atoms with Gasteiger partial charge < -0.3 is 14.2 Å². The number of pyridine rings is 1. The molecule has 142 valence electrons. The Kier molecular flexibility index (Phi) is 4.79. The number of nitrogens with zero attached hydrogens (tertiary/aromatic N) is 3. The van der Waals surface area contributed by atoms with Crippen molar-refractivity contribution in [2.75, 3.05) is 18.0 Å². The Morgan fingerprint density at radius 2 is 1.75 bits per heavy atom. The van der Waals surface area contributed by atoms with Crippen molar-refractivity contribution in [2.45, 2.75) is 25.9 Å². The minimum Gasteiger partial charge on any atom is -0.490 e. The molecule has 0 radical (unpaired) electrons. The summed E-state index contributed by atoms with van der Waals surface area (Å²) in [5.41, 5.74) is 2.80. The van der Waals surface area contributed by atoms with Crippen LogP contribution >= 0.6 is 0 Å². The normalized spacial score (nSPS) is 14.8. The zero-order valence-electron chi connectivity index (χ0n) is 16.2. The van der Waals surface area contributed by atoms with E-state index in [0.717, 1.165) is 48.3 Å². The Bertz CT molecular complexity index is 1100. The predicted molar refractivity (Wildman–Crippen MR) is 111 cm³/mol. The molecular weight excluding hydrogens is 350 g/mol. The van der Waals surface area contributed by atoms with Gasteiger partial charge in [-0.1, -0.05) is 35.9 Å². The van der Waals surface area contributed by atoms with E-state index in [0.29, 0.717) is 0 Å². The van der Waals surface area contributed by atoms with Gasteiger partial charge in [-0.3, -0.25) is 4.79 Å². The third-order valence-electron chi connectivity index (χ3n) is 5.47. The van der Waals surface area contributed by atoms with Crippen LogP contribution in [0.2, 0.25) is 0 Å². The van der Waals surface area contributed by atoms with Crippen LogP contribution in [0.4, 0.5) is 5.69 Å². The van der Waals surface area contributed by atoms with Crippen LogP contribution in [0.3, 0.4) is 0 Å². The second kappa shape index (κ2) is 7.40. The van der Waals surface area contributed by atoms with E-state index in [9.17, 15) is 10.1 Å². The fourth-order valence-corrected chi connectivity index (χ4v) is 3.92. The fraction of sp³-hybridized carbons (Fsp3) is 0.304. The van der Waals surface area contributed by atoms with Crippen LogP contribution in [0.15, 0.2) is 53.3 Å². The monoisotopic (exact) mass is 373 g/mol. The van der Waals surface area contributed by atoms with Crippen molar-refractivity contribution in [3.8, 4) is 11.8 Å². The van der Waals surface area contributed by atoms with E-state index < -0.39 is 0 Å². The van der Waals surface area contributed by atoms with Crippen molar-refractivity contribution >= 4 is 16.6 Å². The van der Waals surface area contributed by atoms with Crippen LogP contribution < -0.4 is 15.2 Å². The molecular formula is C23H23N3O2. The minimum atomic E-state index is -0.241. The van der Waals surface area contributed by atoms with E-state index in [1.54, 1.807) is 11.6 Å². The first-order chi connectivity index (χ1) is 13.6. The second-order valence-corrected chi connectivity index (χ2v) is 7.33. The Morgan fingerprint density at radius 1 is 1.07 bits per heavy atom. The van der Waals surface area contributed by atoms with Crippen LogP contribution in [0.25, 0.3) is 10.9 Å². The number of anilines is 1. The predicted octanol–water partition coefficient (Wildman–Crippen LogP) is 3.77. The van der Waals surface area contributed by atoms with Gasteiger partial charge in [-0.15, -0.1) is 0 Å². The molecule has 1 fully saturated rings. The number of benzene rings is 2. The molecule has 1 aliphatic heterocycles. The Balaban J connectivity index is 1.60. The Morgan fingerprint density at radius 3 is 2.43 bits per heavy atom. The number of hydrogen-bond acceptors (Lipinski definition) is 4. The minimum absolute atomic E-state index is 0.141. The molecule has 0 aliphatic carbocycles. The zero-order chi connectivity index (χ0) is 19.7.